The molecule has 0 bridgehead atoms. The SMILES string of the molecule is O=C(c1ccc(F)cc1)N1CCC(C(=O)N2CCOc3ccccc32)CC1. The summed E-state index contributed by atoms with van der Waals surface area (Å²) in [6.07, 6.45) is 1.26. The van der Waals surface area contributed by atoms with Gasteiger partial charge in [-0.25, -0.2) is 4.39 Å². The van der Waals surface area contributed by atoms with Crippen LogP contribution in [0.25, 0.3) is 0 Å². The largest absolute Gasteiger partial charge is 0.490 e. The number of hydrogen-bond acceptors (Lipinski definition) is 3. The fourth-order valence-electron chi connectivity index (χ4n) is 3.72. The minimum atomic E-state index is -0.360. The number of amides is 2. The van der Waals surface area contributed by atoms with Gasteiger partial charge in [0, 0.05) is 24.6 Å². The van der Waals surface area contributed by atoms with Gasteiger partial charge in [-0.2, -0.15) is 0 Å². The van der Waals surface area contributed by atoms with E-state index in [1.54, 1.807) is 9.80 Å². The van der Waals surface area contributed by atoms with Gasteiger partial charge in [-0.15, -0.1) is 0 Å². The van der Waals surface area contributed by atoms with Crippen molar-refractivity contribution in [2.24, 2.45) is 5.92 Å². The van der Waals surface area contributed by atoms with Gasteiger partial charge in [0.2, 0.25) is 5.91 Å². The normalized spacial score (nSPS) is 17.2. The highest BCUT2D eigenvalue weighted by molar-refractivity contribution is 5.97. The van der Waals surface area contributed by atoms with Gasteiger partial charge in [-0.3, -0.25) is 9.59 Å². The molecular formula is C21H21FN2O3. The number of anilines is 1. The predicted molar refractivity (Wildman–Crippen MR) is 99.3 cm³/mol. The molecule has 2 aromatic carbocycles. The second-order valence-electron chi connectivity index (χ2n) is 6.88. The minimum Gasteiger partial charge on any atom is -0.490 e. The summed E-state index contributed by atoms with van der Waals surface area (Å²) in [6, 6.07) is 13.2. The summed E-state index contributed by atoms with van der Waals surface area (Å²) >= 11 is 0. The molecule has 1 saturated heterocycles. The lowest BCUT2D eigenvalue weighted by Crippen LogP contribution is -2.46. The zero-order valence-electron chi connectivity index (χ0n) is 14.9. The number of hydrogen-bond donors (Lipinski definition) is 0. The number of piperidine rings is 1. The van der Waals surface area contributed by atoms with E-state index in [0.717, 1.165) is 11.4 Å². The fraction of sp³-hybridized carbons (Fsp3) is 0.333. The van der Waals surface area contributed by atoms with Gasteiger partial charge in [0.05, 0.1) is 12.2 Å². The molecule has 5 nitrogen and oxygen atoms in total. The zero-order valence-corrected chi connectivity index (χ0v) is 14.9. The third kappa shape index (κ3) is 3.52. The highest BCUT2D eigenvalue weighted by Crippen LogP contribution is 2.33. The average molecular weight is 368 g/mol. The maximum Gasteiger partial charge on any atom is 0.253 e. The van der Waals surface area contributed by atoms with E-state index in [9.17, 15) is 14.0 Å². The van der Waals surface area contributed by atoms with Crippen molar-refractivity contribution in [3.05, 3.63) is 59.9 Å². The molecule has 0 atom stereocenters. The molecule has 0 unspecified atom stereocenters. The van der Waals surface area contributed by atoms with E-state index in [4.69, 9.17) is 4.74 Å². The Morgan fingerprint density at radius 2 is 1.67 bits per heavy atom. The van der Waals surface area contributed by atoms with Crippen molar-refractivity contribution in [2.45, 2.75) is 12.8 Å². The van der Waals surface area contributed by atoms with E-state index in [1.165, 1.54) is 24.3 Å². The molecular weight excluding hydrogens is 347 g/mol. The second kappa shape index (κ2) is 7.39. The van der Waals surface area contributed by atoms with Crippen LogP contribution >= 0.6 is 0 Å². The van der Waals surface area contributed by atoms with Gasteiger partial charge in [0.15, 0.2) is 0 Å². The van der Waals surface area contributed by atoms with E-state index in [2.05, 4.69) is 0 Å². The van der Waals surface area contributed by atoms with E-state index < -0.39 is 0 Å². The zero-order chi connectivity index (χ0) is 18.8. The molecule has 27 heavy (non-hydrogen) atoms. The predicted octanol–water partition coefficient (Wildman–Crippen LogP) is 3.10. The molecule has 140 valence electrons. The summed E-state index contributed by atoms with van der Waals surface area (Å²) in [4.78, 5) is 29.1. The van der Waals surface area contributed by atoms with Crippen LogP contribution in [0, 0.1) is 11.7 Å². The third-order valence-electron chi connectivity index (χ3n) is 5.22. The number of nitrogens with zero attached hydrogens (tertiary/aromatic N) is 2. The highest BCUT2D eigenvalue weighted by atomic mass is 19.1. The Labute approximate surface area is 157 Å². The summed E-state index contributed by atoms with van der Waals surface area (Å²) in [7, 11) is 0. The Morgan fingerprint density at radius 1 is 0.963 bits per heavy atom. The fourth-order valence-corrected chi connectivity index (χ4v) is 3.72. The molecule has 0 aliphatic carbocycles. The summed E-state index contributed by atoms with van der Waals surface area (Å²) < 4.78 is 18.7. The van der Waals surface area contributed by atoms with Gasteiger partial charge in [0.1, 0.15) is 18.2 Å². The summed E-state index contributed by atoms with van der Waals surface area (Å²) in [5, 5.41) is 0. The van der Waals surface area contributed by atoms with Crippen molar-refractivity contribution < 1.29 is 18.7 Å². The van der Waals surface area contributed by atoms with E-state index in [0.29, 0.717) is 44.6 Å². The Kier molecular flexibility index (Phi) is 4.79. The van der Waals surface area contributed by atoms with Gasteiger partial charge < -0.3 is 14.5 Å². The molecule has 0 radical (unpaired) electrons. The summed E-state index contributed by atoms with van der Waals surface area (Å²) in [5.74, 6) is 0.258. The van der Waals surface area contributed by atoms with Crippen LogP contribution < -0.4 is 9.64 Å². The Bertz CT molecular complexity index is 845. The van der Waals surface area contributed by atoms with E-state index in [1.807, 2.05) is 24.3 Å². The number of benzene rings is 2. The quantitative estimate of drug-likeness (QED) is 0.818. The maximum absolute atomic E-state index is 13.0. The van der Waals surface area contributed by atoms with Crippen molar-refractivity contribution in [2.75, 3.05) is 31.1 Å². The van der Waals surface area contributed by atoms with Crippen LogP contribution in [-0.2, 0) is 4.79 Å². The van der Waals surface area contributed by atoms with Crippen LogP contribution in [0.5, 0.6) is 5.75 Å². The van der Waals surface area contributed by atoms with Crippen molar-refractivity contribution >= 4 is 17.5 Å². The van der Waals surface area contributed by atoms with Crippen LogP contribution in [0.1, 0.15) is 23.2 Å². The second-order valence-corrected chi connectivity index (χ2v) is 6.88. The van der Waals surface area contributed by atoms with Crippen LogP contribution in [-0.4, -0.2) is 43.0 Å². The number of carbonyl (C=O) groups is 2. The minimum absolute atomic E-state index is 0.0969. The third-order valence-corrected chi connectivity index (χ3v) is 5.22. The number of fused-ring (bicyclic) bond motifs is 1. The number of halogens is 1. The number of ether oxygens (including phenoxy) is 1. The Balaban J connectivity index is 1.40. The number of para-hydroxylation sites is 2. The lowest BCUT2D eigenvalue weighted by molar-refractivity contribution is -0.123. The molecule has 0 saturated carbocycles. The molecule has 2 amide bonds. The molecule has 4 rings (SSSR count). The number of carbonyl (C=O) groups excluding carboxylic acids is 2. The molecule has 2 aromatic rings. The molecule has 0 aromatic heterocycles. The molecule has 2 aliphatic heterocycles. The lowest BCUT2D eigenvalue weighted by Gasteiger charge is -2.36. The van der Waals surface area contributed by atoms with Crippen LogP contribution in [0.4, 0.5) is 10.1 Å². The van der Waals surface area contributed by atoms with Crippen molar-refractivity contribution in [3.8, 4) is 5.75 Å². The first-order valence-corrected chi connectivity index (χ1v) is 9.21. The smallest absolute Gasteiger partial charge is 0.253 e. The number of likely N-dealkylation sites (tertiary alicyclic amines) is 1. The topological polar surface area (TPSA) is 49.9 Å². The van der Waals surface area contributed by atoms with E-state index >= 15 is 0 Å². The van der Waals surface area contributed by atoms with Crippen molar-refractivity contribution in [1.82, 2.24) is 4.90 Å². The maximum atomic E-state index is 13.0. The first-order chi connectivity index (χ1) is 13.1. The first-order valence-electron chi connectivity index (χ1n) is 9.21. The Hall–Kier alpha value is -2.89. The van der Waals surface area contributed by atoms with Gasteiger partial charge in [-0.1, -0.05) is 12.1 Å². The molecule has 1 fully saturated rings. The lowest BCUT2D eigenvalue weighted by atomic mass is 9.94. The standard InChI is InChI=1S/C21H21FN2O3/c22-17-7-5-15(6-8-17)20(25)23-11-9-16(10-12-23)21(26)24-13-14-27-19-4-2-1-3-18(19)24/h1-8,16H,9-14H2. The molecule has 2 heterocycles. The van der Waals surface area contributed by atoms with Crippen molar-refractivity contribution in [1.29, 1.82) is 0 Å². The number of rotatable bonds is 2. The average Bonchev–Trinajstić information content (AvgIpc) is 2.73. The van der Waals surface area contributed by atoms with E-state index in [-0.39, 0.29) is 23.5 Å². The highest BCUT2D eigenvalue weighted by Gasteiger charge is 2.33. The summed E-state index contributed by atoms with van der Waals surface area (Å²) in [6.45, 7) is 2.09. The molecule has 0 spiro atoms. The molecule has 2 aliphatic rings. The van der Waals surface area contributed by atoms with Crippen molar-refractivity contribution in [3.63, 3.8) is 0 Å². The first kappa shape index (κ1) is 17.5. The monoisotopic (exact) mass is 368 g/mol. The van der Waals surface area contributed by atoms with Crippen LogP contribution in [0.15, 0.2) is 48.5 Å². The van der Waals surface area contributed by atoms with Crippen LogP contribution in [0.3, 0.4) is 0 Å². The summed E-state index contributed by atoms with van der Waals surface area (Å²) in [5.41, 5.74) is 1.29. The molecule has 6 heteroatoms. The van der Waals surface area contributed by atoms with Gasteiger partial charge >= 0.3 is 0 Å². The van der Waals surface area contributed by atoms with Crippen LogP contribution in [0.2, 0.25) is 0 Å². The van der Waals surface area contributed by atoms with Gasteiger partial charge in [-0.05, 0) is 49.2 Å². The Morgan fingerprint density at radius 3 is 2.41 bits per heavy atom. The molecule has 0 N–H and O–H groups in total. The van der Waals surface area contributed by atoms with Gasteiger partial charge in [0.25, 0.3) is 5.91 Å².